The molecule has 0 aromatic heterocycles. The first kappa shape index (κ1) is 20.6. The van der Waals surface area contributed by atoms with E-state index in [0.717, 1.165) is 42.7 Å². The molecule has 1 saturated carbocycles. The van der Waals surface area contributed by atoms with Crippen LogP contribution in [0.2, 0.25) is 0 Å². The van der Waals surface area contributed by atoms with Gasteiger partial charge in [0.1, 0.15) is 0 Å². The lowest BCUT2D eigenvalue weighted by atomic mass is 10.1. The number of halogens is 1. The van der Waals surface area contributed by atoms with Gasteiger partial charge in [-0.15, -0.1) is 12.4 Å². The Bertz CT molecular complexity index is 547. The van der Waals surface area contributed by atoms with Gasteiger partial charge < -0.3 is 20.5 Å². The van der Waals surface area contributed by atoms with Crippen LogP contribution in [0.1, 0.15) is 58.1 Å². The summed E-state index contributed by atoms with van der Waals surface area (Å²) < 4.78 is 11.5. The molecule has 3 N–H and O–H groups in total. The van der Waals surface area contributed by atoms with E-state index in [4.69, 9.17) is 15.2 Å². The van der Waals surface area contributed by atoms with Gasteiger partial charge in [0, 0.05) is 0 Å². The summed E-state index contributed by atoms with van der Waals surface area (Å²) in [5, 5.41) is 2.98. The van der Waals surface area contributed by atoms with E-state index in [1.54, 1.807) is 0 Å². The summed E-state index contributed by atoms with van der Waals surface area (Å²) in [7, 11) is 0. The maximum absolute atomic E-state index is 12.1. The number of hydrogen-bond acceptors (Lipinski definition) is 4. The van der Waals surface area contributed by atoms with Gasteiger partial charge in [0.25, 0.3) is 0 Å². The molecule has 0 spiro atoms. The fourth-order valence-corrected chi connectivity index (χ4v) is 2.24. The summed E-state index contributed by atoms with van der Waals surface area (Å²) >= 11 is 0. The van der Waals surface area contributed by atoms with Crippen molar-refractivity contribution in [2.24, 2.45) is 5.73 Å². The molecule has 5 nitrogen and oxygen atoms in total. The molecule has 1 fully saturated rings. The molecule has 1 aliphatic carbocycles. The largest absolute Gasteiger partial charge is 0.490 e. The Hall–Kier alpha value is -1.46. The summed E-state index contributed by atoms with van der Waals surface area (Å²) in [6, 6.07) is 5.70. The van der Waals surface area contributed by atoms with Gasteiger partial charge in [-0.3, -0.25) is 4.79 Å². The van der Waals surface area contributed by atoms with Gasteiger partial charge >= 0.3 is 0 Å². The van der Waals surface area contributed by atoms with Crippen LogP contribution < -0.4 is 20.5 Å². The summed E-state index contributed by atoms with van der Waals surface area (Å²) in [6.45, 7) is 7.38. The van der Waals surface area contributed by atoms with E-state index in [1.165, 1.54) is 0 Å². The second-order valence-corrected chi connectivity index (χ2v) is 6.25. The molecule has 6 heteroatoms. The third-order valence-corrected chi connectivity index (χ3v) is 3.98. The number of rotatable bonds is 9. The van der Waals surface area contributed by atoms with E-state index in [1.807, 2.05) is 25.1 Å². The summed E-state index contributed by atoms with van der Waals surface area (Å²) in [5.74, 6) is 1.40. The molecule has 24 heavy (non-hydrogen) atoms. The molecule has 1 amide bonds. The van der Waals surface area contributed by atoms with Crippen LogP contribution in [-0.4, -0.2) is 24.7 Å². The van der Waals surface area contributed by atoms with Crippen molar-refractivity contribution in [2.45, 2.75) is 58.0 Å². The number of benzene rings is 1. The highest BCUT2D eigenvalue weighted by Crippen LogP contribution is 2.34. The van der Waals surface area contributed by atoms with Crippen molar-refractivity contribution in [3.05, 3.63) is 23.8 Å². The van der Waals surface area contributed by atoms with Crippen molar-refractivity contribution in [3.8, 4) is 11.5 Å². The highest BCUT2D eigenvalue weighted by molar-refractivity contribution is 5.89. The van der Waals surface area contributed by atoms with E-state index in [0.29, 0.717) is 13.2 Å². The topological polar surface area (TPSA) is 73.6 Å². The van der Waals surface area contributed by atoms with Crippen molar-refractivity contribution in [3.63, 3.8) is 0 Å². The van der Waals surface area contributed by atoms with E-state index in [2.05, 4.69) is 19.2 Å². The molecule has 136 valence electrons. The van der Waals surface area contributed by atoms with Gasteiger partial charge in [-0.05, 0) is 50.3 Å². The number of ether oxygens (including phenoxy) is 2. The van der Waals surface area contributed by atoms with Gasteiger partial charge in [0.15, 0.2) is 11.5 Å². The Balaban J connectivity index is 0.00000288. The van der Waals surface area contributed by atoms with Crippen LogP contribution in [0.25, 0.3) is 0 Å². The van der Waals surface area contributed by atoms with Crippen LogP contribution in [-0.2, 0) is 4.79 Å². The van der Waals surface area contributed by atoms with Crippen molar-refractivity contribution >= 4 is 18.3 Å². The fraction of sp³-hybridized carbons (Fsp3) is 0.611. The zero-order valence-corrected chi connectivity index (χ0v) is 15.6. The molecular formula is C18H29ClN2O3. The normalized spacial score (nSPS) is 15.8. The lowest BCUT2D eigenvalue weighted by molar-refractivity contribution is -0.123. The molecule has 0 heterocycles. The third kappa shape index (κ3) is 5.28. The predicted octanol–water partition coefficient (Wildman–Crippen LogP) is 3.35. The van der Waals surface area contributed by atoms with Crippen LogP contribution in [0.15, 0.2) is 18.2 Å². The molecule has 0 radical (unpaired) electrons. The van der Waals surface area contributed by atoms with E-state index < -0.39 is 5.54 Å². The Kier molecular flexibility index (Phi) is 7.84. The summed E-state index contributed by atoms with van der Waals surface area (Å²) in [6.07, 6.45) is 3.40. The van der Waals surface area contributed by atoms with Gasteiger partial charge in [0.2, 0.25) is 5.91 Å². The van der Waals surface area contributed by atoms with Crippen molar-refractivity contribution in [1.29, 1.82) is 0 Å². The minimum atomic E-state index is -0.653. The highest BCUT2D eigenvalue weighted by Gasteiger charge is 2.46. The second kappa shape index (κ2) is 9.14. The Morgan fingerprint density at radius 3 is 2.33 bits per heavy atom. The first-order valence-corrected chi connectivity index (χ1v) is 8.49. The van der Waals surface area contributed by atoms with E-state index in [-0.39, 0.29) is 24.4 Å². The first-order valence-electron chi connectivity index (χ1n) is 8.49. The first-order chi connectivity index (χ1) is 11.0. The van der Waals surface area contributed by atoms with Crippen molar-refractivity contribution in [2.75, 3.05) is 13.2 Å². The maximum Gasteiger partial charge on any atom is 0.240 e. The lowest BCUT2D eigenvalue weighted by Crippen LogP contribution is -2.43. The smallest absolute Gasteiger partial charge is 0.240 e. The fourth-order valence-electron chi connectivity index (χ4n) is 2.24. The zero-order valence-electron chi connectivity index (χ0n) is 14.8. The average Bonchev–Trinajstić information content (AvgIpc) is 3.30. The number of carbonyl (C=O) groups excluding carboxylic acids is 1. The predicted molar refractivity (Wildman–Crippen MR) is 98.0 cm³/mol. The van der Waals surface area contributed by atoms with Gasteiger partial charge in [-0.2, -0.15) is 0 Å². The minimum Gasteiger partial charge on any atom is -0.490 e. The number of amides is 1. The molecule has 1 aliphatic rings. The monoisotopic (exact) mass is 356 g/mol. The number of hydrogen-bond donors (Lipinski definition) is 2. The zero-order chi connectivity index (χ0) is 16.9. The maximum atomic E-state index is 12.1. The summed E-state index contributed by atoms with van der Waals surface area (Å²) in [4.78, 5) is 12.1. The standard InChI is InChI=1S/C18H28N2O3.ClH/c1-4-10-22-15-7-6-14(12-16(15)23-11-5-2)13(3)20-17(21)18(19)8-9-18;/h6-7,12-13H,4-5,8-11,19H2,1-3H3,(H,20,21);1H. The van der Waals surface area contributed by atoms with Crippen molar-refractivity contribution in [1.82, 2.24) is 5.32 Å². The third-order valence-electron chi connectivity index (χ3n) is 3.98. The molecule has 1 aromatic carbocycles. The molecular weight excluding hydrogens is 328 g/mol. The summed E-state index contributed by atoms with van der Waals surface area (Å²) in [5.41, 5.74) is 6.27. The average molecular weight is 357 g/mol. The van der Waals surface area contributed by atoms with Crippen LogP contribution in [0.4, 0.5) is 0 Å². The van der Waals surface area contributed by atoms with Crippen LogP contribution in [0.3, 0.4) is 0 Å². The van der Waals surface area contributed by atoms with Crippen LogP contribution in [0, 0.1) is 0 Å². The van der Waals surface area contributed by atoms with Crippen LogP contribution >= 0.6 is 12.4 Å². The lowest BCUT2D eigenvalue weighted by Gasteiger charge is -2.19. The van der Waals surface area contributed by atoms with Crippen LogP contribution in [0.5, 0.6) is 11.5 Å². The van der Waals surface area contributed by atoms with E-state index in [9.17, 15) is 4.79 Å². The van der Waals surface area contributed by atoms with E-state index >= 15 is 0 Å². The highest BCUT2D eigenvalue weighted by atomic mass is 35.5. The molecule has 0 saturated heterocycles. The Morgan fingerprint density at radius 2 is 1.79 bits per heavy atom. The molecule has 2 rings (SSSR count). The van der Waals surface area contributed by atoms with Gasteiger partial charge in [-0.25, -0.2) is 0 Å². The SMILES string of the molecule is CCCOc1ccc(C(C)NC(=O)C2(N)CC2)cc1OCCC.Cl. The molecule has 0 bridgehead atoms. The molecule has 1 atom stereocenters. The Morgan fingerprint density at radius 1 is 1.21 bits per heavy atom. The molecule has 1 aromatic rings. The van der Waals surface area contributed by atoms with Crippen molar-refractivity contribution < 1.29 is 14.3 Å². The molecule has 1 unspecified atom stereocenters. The minimum absolute atomic E-state index is 0. The number of carbonyl (C=O) groups is 1. The van der Waals surface area contributed by atoms with Gasteiger partial charge in [-0.1, -0.05) is 19.9 Å². The number of nitrogens with one attached hydrogen (secondary N) is 1. The Labute approximate surface area is 150 Å². The van der Waals surface area contributed by atoms with Gasteiger partial charge in [0.05, 0.1) is 24.8 Å². The second-order valence-electron chi connectivity index (χ2n) is 6.25. The molecule has 0 aliphatic heterocycles. The number of nitrogens with two attached hydrogens (primary N) is 1. The quantitative estimate of drug-likeness (QED) is 0.711.